The van der Waals surface area contributed by atoms with Crippen molar-refractivity contribution in [2.45, 2.75) is 44.4 Å². The van der Waals surface area contributed by atoms with Gasteiger partial charge in [-0.25, -0.2) is 13.1 Å². The quantitative estimate of drug-likeness (QED) is 0.594. The predicted octanol–water partition coefficient (Wildman–Crippen LogP) is 3.55. The van der Waals surface area contributed by atoms with Gasteiger partial charge >= 0.3 is 12.6 Å². The van der Waals surface area contributed by atoms with Crippen LogP contribution in [0.1, 0.15) is 27.7 Å². The van der Waals surface area contributed by atoms with E-state index in [0.717, 1.165) is 10.4 Å². The van der Waals surface area contributed by atoms with Gasteiger partial charge in [-0.3, -0.25) is 0 Å². The zero-order valence-electron chi connectivity index (χ0n) is 14.9. The minimum absolute atomic E-state index is 0.352. The second kappa shape index (κ2) is 6.64. The molecule has 0 aliphatic carbocycles. The molecule has 10 heteroatoms. The zero-order chi connectivity index (χ0) is 19.2. The standard InChI is InChI=1S/C15H21BF4N2O2S/c1-13(2)14(3,4)24-16(23-13)10-7-8-12(11(17)9-10)21-25(22(5)6)15(18,19)20/h7-9H,1-6H3. The Balaban J connectivity index is 2.34. The monoisotopic (exact) mass is 380 g/mol. The summed E-state index contributed by atoms with van der Waals surface area (Å²) in [5, 5.41) is 0. The summed E-state index contributed by atoms with van der Waals surface area (Å²) in [4.78, 5) is 0. The normalized spacial score (nSPS) is 21.2. The van der Waals surface area contributed by atoms with Crippen LogP contribution in [-0.2, 0) is 20.2 Å². The van der Waals surface area contributed by atoms with E-state index in [-0.39, 0.29) is 5.69 Å². The fourth-order valence-corrected chi connectivity index (χ4v) is 3.17. The smallest absolute Gasteiger partial charge is 0.399 e. The lowest BCUT2D eigenvalue weighted by molar-refractivity contribution is -0.0386. The summed E-state index contributed by atoms with van der Waals surface area (Å²) in [6.07, 6.45) is 0. The Morgan fingerprint density at radius 1 is 1.08 bits per heavy atom. The summed E-state index contributed by atoms with van der Waals surface area (Å²) in [6.45, 7) is 7.44. The first-order chi connectivity index (χ1) is 11.2. The third-order valence-corrected chi connectivity index (χ3v) is 5.71. The minimum atomic E-state index is -4.57. The predicted molar refractivity (Wildman–Crippen MR) is 91.3 cm³/mol. The van der Waals surface area contributed by atoms with Crippen molar-refractivity contribution >= 4 is 29.1 Å². The van der Waals surface area contributed by atoms with Crippen molar-refractivity contribution in [2.75, 3.05) is 14.1 Å². The van der Waals surface area contributed by atoms with E-state index < -0.39 is 40.5 Å². The molecule has 1 aromatic carbocycles. The molecule has 0 bridgehead atoms. The average molecular weight is 380 g/mol. The molecular weight excluding hydrogens is 359 g/mol. The van der Waals surface area contributed by atoms with E-state index in [1.165, 1.54) is 26.2 Å². The van der Waals surface area contributed by atoms with Crippen LogP contribution in [0.3, 0.4) is 0 Å². The van der Waals surface area contributed by atoms with Gasteiger partial charge in [0.15, 0.2) is 0 Å². The molecule has 1 aromatic rings. The molecule has 1 saturated heterocycles. The Morgan fingerprint density at radius 3 is 2.00 bits per heavy atom. The van der Waals surface area contributed by atoms with Crippen LogP contribution in [-0.4, -0.2) is 42.2 Å². The van der Waals surface area contributed by atoms with E-state index in [4.69, 9.17) is 9.31 Å². The van der Waals surface area contributed by atoms with Gasteiger partial charge in [0.25, 0.3) is 0 Å². The first-order valence-corrected chi connectivity index (χ1v) is 8.74. The van der Waals surface area contributed by atoms with Crippen LogP contribution in [0.5, 0.6) is 0 Å². The van der Waals surface area contributed by atoms with Gasteiger partial charge in [0.2, 0.25) is 0 Å². The molecule has 2 rings (SSSR count). The van der Waals surface area contributed by atoms with Crippen molar-refractivity contribution in [1.82, 2.24) is 4.31 Å². The second-order valence-corrected chi connectivity index (χ2v) is 8.82. The van der Waals surface area contributed by atoms with Gasteiger partial charge in [-0.1, -0.05) is 6.07 Å². The molecule has 1 aliphatic heterocycles. The molecular formula is C15H21BF4N2O2S. The molecule has 0 aromatic heterocycles. The van der Waals surface area contributed by atoms with Crippen molar-refractivity contribution < 1.29 is 26.9 Å². The third kappa shape index (κ3) is 4.24. The summed E-state index contributed by atoms with van der Waals surface area (Å²) in [7, 11) is -0.728. The van der Waals surface area contributed by atoms with Crippen molar-refractivity contribution in [3.05, 3.63) is 24.0 Å². The van der Waals surface area contributed by atoms with Crippen molar-refractivity contribution in [3.8, 4) is 0 Å². The maximum Gasteiger partial charge on any atom is 0.494 e. The van der Waals surface area contributed by atoms with E-state index in [2.05, 4.69) is 4.36 Å². The van der Waals surface area contributed by atoms with Crippen molar-refractivity contribution in [3.63, 3.8) is 0 Å². The summed E-state index contributed by atoms with van der Waals surface area (Å²) in [5.74, 6) is -0.851. The lowest BCUT2D eigenvalue weighted by atomic mass is 9.79. The SMILES string of the molecule is CN(C)S(=Nc1ccc(B2OC(C)(C)C(C)(C)O2)cc1F)C(F)(F)F. The van der Waals surface area contributed by atoms with Gasteiger partial charge in [0.05, 0.1) is 22.1 Å². The zero-order valence-corrected chi connectivity index (χ0v) is 15.8. The van der Waals surface area contributed by atoms with Crippen LogP contribution in [0.4, 0.5) is 23.2 Å². The molecule has 1 fully saturated rings. The van der Waals surface area contributed by atoms with Crippen LogP contribution >= 0.6 is 0 Å². The molecule has 0 spiro atoms. The van der Waals surface area contributed by atoms with E-state index in [0.29, 0.717) is 5.46 Å². The highest BCUT2D eigenvalue weighted by molar-refractivity contribution is 7.85. The Morgan fingerprint density at radius 2 is 1.60 bits per heavy atom. The molecule has 25 heavy (non-hydrogen) atoms. The van der Waals surface area contributed by atoms with Gasteiger partial charge in [0.1, 0.15) is 11.5 Å². The van der Waals surface area contributed by atoms with Gasteiger partial charge in [-0.15, -0.1) is 0 Å². The maximum atomic E-state index is 14.3. The average Bonchev–Trinajstić information content (AvgIpc) is 2.64. The van der Waals surface area contributed by atoms with Crippen molar-refractivity contribution in [2.24, 2.45) is 4.36 Å². The third-order valence-electron chi connectivity index (χ3n) is 4.23. The molecule has 1 unspecified atom stereocenters. The van der Waals surface area contributed by atoms with E-state index >= 15 is 0 Å². The Kier molecular flexibility index (Phi) is 5.41. The molecule has 0 N–H and O–H groups in total. The highest BCUT2D eigenvalue weighted by Crippen LogP contribution is 2.36. The Labute approximate surface area is 147 Å². The van der Waals surface area contributed by atoms with Crippen LogP contribution in [0, 0.1) is 5.82 Å². The maximum absolute atomic E-state index is 14.3. The van der Waals surface area contributed by atoms with E-state index in [1.54, 1.807) is 0 Å². The van der Waals surface area contributed by atoms with Gasteiger partial charge in [-0.05, 0) is 59.4 Å². The topological polar surface area (TPSA) is 34.1 Å². The second-order valence-electron chi connectivity index (χ2n) is 6.91. The Hall–Kier alpha value is -0.965. The highest BCUT2D eigenvalue weighted by Gasteiger charge is 2.51. The number of halogens is 4. The fraction of sp³-hybridized carbons (Fsp3) is 0.600. The summed E-state index contributed by atoms with van der Waals surface area (Å²) >= 11 is 0. The number of rotatable bonds is 3. The molecule has 0 saturated carbocycles. The molecule has 0 radical (unpaired) electrons. The van der Waals surface area contributed by atoms with Gasteiger partial charge in [0, 0.05) is 0 Å². The van der Waals surface area contributed by atoms with E-state index in [1.807, 2.05) is 27.7 Å². The lowest BCUT2D eigenvalue weighted by Gasteiger charge is -2.32. The van der Waals surface area contributed by atoms with Gasteiger partial charge in [-0.2, -0.15) is 13.2 Å². The molecule has 1 atom stereocenters. The van der Waals surface area contributed by atoms with Crippen LogP contribution in [0.2, 0.25) is 0 Å². The molecule has 0 amide bonds. The molecule has 1 aliphatic rings. The first kappa shape index (κ1) is 20.3. The highest BCUT2D eigenvalue weighted by atomic mass is 32.2. The molecule has 4 nitrogen and oxygen atoms in total. The molecule has 140 valence electrons. The number of alkyl halides is 3. The number of hydrogen-bond donors (Lipinski definition) is 0. The van der Waals surface area contributed by atoms with Crippen LogP contribution in [0.15, 0.2) is 22.6 Å². The number of benzene rings is 1. The fourth-order valence-electron chi connectivity index (χ4n) is 2.16. The van der Waals surface area contributed by atoms with Crippen LogP contribution in [0.25, 0.3) is 0 Å². The molecule has 1 heterocycles. The summed E-state index contributed by atoms with van der Waals surface area (Å²) < 4.78 is 69.4. The van der Waals surface area contributed by atoms with E-state index in [9.17, 15) is 17.6 Å². The minimum Gasteiger partial charge on any atom is -0.399 e. The summed E-state index contributed by atoms with van der Waals surface area (Å²) in [6, 6.07) is 3.79. The Bertz CT molecular complexity index is 677. The number of hydrogen-bond acceptors (Lipinski definition) is 3. The lowest BCUT2D eigenvalue weighted by Crippen LogP contribution is -2.41. The van der Waals surface area contributed by atoms with Gasteiger partial charge < -0.3 is 9.31 Å². The largest absolute Gasteiger partial charge is 0.494 e. The summed E-state index contributed by atoms with van der Waals surface area (Å²) in [5.41, 5.74) is -5.71. The van der Waals surface area contributed by atoms with Crippen molar-refractivity contribution in [1.29, 1.82) is 0 Å². The first-order valence-electron chi connectivity index (χ1n) is 7.60. The van der Waals surface area contributed by atoms with Crippen LogP contribution < -0.4 is 5.46 Å². The number of nitrogens with zero attached hydrogens (tertiary/aromatic N) is 2.